The molecule has 0 saturated carbocycles. The van der Waals surface area contributed by atoms with Crippen molar-refractivity contribution in [2.75, 3.05) is 0 Å². The van der Waals surface area contributed by atoms with Crippen molar-refractivity contribution in [3.63, 3.8) is 0 Å². The first-order chi connectivity index (χ1) is 4.70. The molecule has 0 nitrogen and oxygen atoms in total. The second kappa shape index (κ2) is 5.04. The Morgan fingerprint density at radius 1 is 1.30 bits per heavy atom. The maximum absolute atomic E-state index is 3.68. The zero-order chi connectivity index (χ0) is 7.98. The number of hydrogen-bond donors (Lipinski definition) is 0. The van der Waals surface area contributed by atoms with Crippen LogP contribution < -0.4 is 0 Å². The molecule has 56 valence electrons. The van der Waals surface area contributed by atoms with E-state index >= 15 is 0 Å². The van der Waals surface area contributed by atoms with E-state index in [1.165, 1.54) is 11.1 Å². The van der Waals surface area contributed by atoms with Crippen molar-refractivity contribution >= 4 is 0 Å². The highest BCUT2D eigenvalue weighted by molar-refractivity contribution is 5.25. The van der Waals surface area contributed by atoms with E-state index in [0.29, 0.717) is 0 Å². The van der Waals surface area contributed by atoms with E-state index < -0.39 is 0 Å². The van der Waals surface area contributed by atoms with Gasteiger partial charge in [-0.05, 0) is 20.3 Å². The van der Waals surface area contributed by atoms with Crippen molar-refractivity contribution in [3.05, 3.63) is 36.0 Å². The van der Waals surface area contributed by atoms with E-state index in [0.717, 1.165) is 6.42 Å². The summed E-state index contributed by atoms with van der Waals surface area (Å²) in [5.74, 6) is 0. The summed E-state index contributed by atoms with van der Waals surface area (Å²) in [7, 11) is 0. The SMILES string of the molecule is C=C/C(C)=C/C(C)=C/CC. The summed E-state index contributed by atoms with van der Waals surface area (Å²) in [6, 6.07) is 0. The molecule has 0 fully saturated rings. The Balaban J connectivity index is 4.11. The molecule has 0 bridgehead atoms. The highest BCUT2D eigenvalue weighted by Crippen LogP contribution is 2.02. The molecule has 0 rings (SSSR count). The molecule has 0 radical (unpaired) electrons. The molecule has 0 aromatic rings. The van der Waals surface area contributed by atoms with Crippen molar-refractivity contribution in [1.29, 1.82) is 0 Å². The van der Waals surface area contributed by atoms with Crippen LogP contribution in [0.4, 0.5) is 0 Å². The van der Waals surface area contributed by atoms with Gasteiger partial charge in [0.25, 0.3) is 0 Å². The average Bonchev–Trinajstić information content (AvgIpc) is 1.88. The third-order valence-electron chi connectivity index (χ3n) is 1.30. The molecule has 0 saturated heterocycles. The molecule has 0 aromatic carbocycles. The maximum Gasteiger partial charge on any atom is -0.0374 e. The summed E-state index contributed by atoms with van der Waals surface area (Å²) >= 11 is 0. The van der Waals surface area contributed by atoms with Gasteiger partial charge in [-0.15, -0.1) is 0 Å². The Hall–Kier alpha value is -0.780. The molecule has 0 heterocycles. The van der Waals surface area contributed by atoms with Crippen LogP contribution in [0.5, 0.6) is 0 Å². The lowest BCUT2D eigenvalue weighted by molar-refractivity contribution is 1.19. The zero-order valence-corrected chi connectivity index (χ0v) is 7.15. The minimum atomic E-state index is 1.10. The Bertz CT molecular complexity index is 159. The minimum Gasteiger partial charge on any atom is -0.0988 e. The fraction of sp³-hybridized carbons (Fsp3) is 0.400. The molecule has 10 heavy (non-hydrogen) atoms. The van der Waals surface area contributed by atoms with Crippen LogP contribution in [0, 0.1) is 0 Å². The third kappa shape index (κ3) is 4.13. The normalized spacial score (nSPS) is 13.5. The minimum absolute atomic E-state index is 1.10. The Morgan fingerprint density at radius 2 is 1.90 bits per heavy atom. The van der Waals surface area contributed by atoms with Crippen molar-refractivity contribution in [1.82, 2.24) is 0 Å². The standard InChI is InChI=1S/C10H16/c1-5-7-10(4)8-9(3)6-2/h6-8H,2,5H2,1,3-4H3/b9-8+,10-7+. The van der Waals surface area contributed by atoms with Gasteiger partial charge in [-0.2, -0.15) is 0 Å². The van der Waals surface area contributed by atoms with Crippen LogP contribution in [0.3, 0.4) is 0 Å². The Morgan fingerprint density at radius 3 is 2.30 bits per heavy atom. The van der Waals surface area contributed by atoms with Gasteiger partial charge in [0.2, 0.25) is 0 Å². The summed E-state index contributed by atoms with van der Waals surface area (Å²) < 4.78 is 0. The van der Waals surface area contributed by atoms with E-state index in [2.05, 4.69) is 39.5 Å². The second-order valence-electron chi connectivity index (χ2n) is 2.45. The van der Waals surface area contributed by atoms with Crippen LogP contribution in [-0.2, 0) is 0 Å². The molecule has 0 aliphatic rings. The predicted molar refractivity (Wildman–Crippen MR) is 48.0 cm³/mol. The van der Waals surface area contributed by atoms with Crippen LogP contribution in [-0.4, -0.2) is 0 Å². The molecular formula is C10H16. The first-order valence-corrected chi connectivity index (χ1v) is 3.68. The molecule has 0 amide bonds. The zero-order valence-electron chi connectivity index (χ0n) is 7.15. The van der Waals surface area contributed by atoms with Gasteiger partial charge >= 0.3 is 0 Å². The lowest BCUT2D eigenvalue weighted by atomic mass is 10.2. The molecule has 0 heteroatoms. The van der Waals surface area contributed by atoms with Gasteiger partial charge < -0.3 is 0 Å². The molecule has 0 aromatic heterocycles. The first-order valence-electron chi connectivity index (χ1n) is 3.68. The second-order valence-corrected chi connectivity index (χ2v) is 2.45. The molecule has 0 unspecified atom stereocenters. The topological polar surface area (TPSA) is 0 Å². The van der Waals surface area contributed by atoms with Crippen molar-refractivity contribution in [2.45, 2.75) is 27.2 Å². The van der Waals surface area contributed by atoms with E-state index in [1.807, 2.05) is 6.08 Å². The average molecular weight is 136 g/mol. The van der Waals surface area contributed by atoms with Crippen molar-refractivity contribution < 1.29 is 0 Å². The third-order valence-corrected chi connectivity index (χ3v) is 1.30. The summed E-state index contributed by atoms with van der Waals surface area (Å²) in [5, 5.41) is 0. The lowest BCUT2D eigenvalue weighted by Crippen LogP contribution is -1.71. The van der Waals surface area contributed by atoms with Crippen LogP contribution in [0.2, 0.25) is 0 Å². The fourth-order valence-electron chi connectivity index (χ4n) is 0.799. The quantitative estimate of drug-likeness (QED) is 0.521. The maximum atomic E-state index is 3.68. The van der Waals surface area contributed by atoms with E-state index in [-0.39, 0.29) is 0 Å². The number of rotatable bonds is 3. The van der Waals surface area contributed by atoms with Crippen LogP contribution >= 0.6 is 0 Å². The molecule has 0 atom stereocenters. The molecule has 0 aliphatic carbocycles. The summed E-state index contributed by atoms with van der Waals surface area (Å²) in [4.78, 5) is 0. The molecule has 0 N–H and O–H groups in total. The highest BCUT2D eigenvalue weighted by Gasteiger charge is 1.81. The summed E-state index contributed by atoms with van der Waals surface area (Å²) in [6.07, 6.45) is 7.31. The fourth-order valence-corrected chi connectivity index (χ4v) is 0.799. The summed E-state index contributed by atoms with van der Waals surface area (Å²) in [5.41, 5.74) is 2.54. The van der Waals surface area contributed by atoms with Gasteiger partial charge in [0.05, 0.1) is 0 Å². The van der Waals surface area contributed by atoms with Gasteiger partial charge in [-0.1, -0.05) is 42.9 Å². The van der Waals surface area contributed by atoms with Crippen molar-refractivity contribution in [3.8, 4) is 0 Å². The van der Waals surface area contributed by atoms with Crippen molar-refractivity contribution in [2.24, 2.45) is 0 Å². The number of allylic oxidation sites excluding steroid dienone is 5. The lowest BCUT2D eigenvalue weighted by Gasteiger charge is -1.92. The van der Waals surface area contributed by atoms with Gasteiger partial charge in [-0.3, -0.25) is 0 Å². The van der Waals surface area contributed by atoms with Gasteiger partial charge in [0.15, 0.2) is 0 Å². The van der Waals surface area contributed by atoms with Crippen LogP contribution in [0.15, 0.2) is 36.0 Å². The number of hydrogen-bond acceptors (Lipinski definition) is 0. The predicted octanol–water partition coefficient (Wildman–Crippen LogP) is 3.48. The van der Waals surface area contributed by atoms with Gasteiger partial charge in [0.1, 0.15) is 0 Å². The Labute approximate surface area is 64.0 Å². The van der Waals surface area contributed by atoms with Gasteiger partial charge in [-0.25, -0.2) is 0 Å². The monoisotopic (exact) mass is 136 g/mol. The first kappa shape index (κ1) is 9.22. The Kier molecular flexibility index (Phi) is 4.65. The van der Waals surface area contributed by atoms with Crippen LogP contribution in [0.25, 0.3) is 0 Å². The summed E-state index contributed by atoms with van der Waals surface area (Å²) in [6.45, 7) is 9.98. The highest BCUT2D eigenvalue weighted by atomic mass is 13.9. The smallest absolute Gasteiger partial charge is 0.0374 e. The molecular weight excluding hydrogens is 120 g/mol. The van der Waals surface area contributed by atoms with E-state index in [9.17, 15) is 0 Å². The molecule has 0 spiro atoms. The van der Waals surface area contributed by atoms with E-state index in [1.54, 1.807) is 0 Å². The van der Waals surface area contributed by atoms with Crippen LogP contribution in [0.1, 0.15) is 27.2 Å². The largest absolute Gasteiger partial charge is 0.0988 e. The molecule has 0 aliphatic heterocycles. The van der Waals surface area contributed by atoms with E-state index in [4.69, 9.17) is 0 Å². The van der Waals surface area contributed by atoms with Gasteiger partial charge in [0, 0.05) is 0 Å².